The van der Waals surface area contributed by atoms with E-state index in [-0.39, 0.29) is 23.2 Å². The molecule has 0 aromatic heterocycles. The molecule has 154 valence electrons. The molecule has 0 unspecified atom stereocenters. The molecule has 7 heteroatoms. The molecule has 1 atom stereocenters. The van der Waals surface area contributed by atoms with Crippen LogP contribution in [0.2, 0.25) is 0 Å². The molecule has 0 aliphatic heterocycles. The Morgan fingerprint density at radius 3 is 2.34 bits per heavy atom. The van der Waals surface area contributed by atoms with E-state index in [1.807, 2.05) is 32.0 Å². The van der Waals surface area contributed by atoms with Gasteiger partial charge in [0.15, 0.2) is 6.10 Å². The topological polar surface area (TPSA) is 81.7 Å². The van der Waals surface area contributed by atoms with Gasteiger partial charge in [-0.2, -0.15) is 0 Å². The van der Waals surface area contributed by atoms with E-state index in [2.05, 4.69) is 5.32 Å². The highest BCUT2D eigenvalue weighted by molar-refractivity contribution is 8.00. The number of methoxy groups -OCH3 is 1. The first-order valence-electron chi connectivity index (χ1n) is 9.12. The summed E-state index contributed by atoms with van der Waals surface area (Å²) >= 11 is 1.14. The lowest BCUT2D eigenvalue weighted by Crippen LogP contribution is -2.25. The van der Waals surface area contributed by atoms with Crippen molar-refractivity contribution in [2.45, 2.75) is 26.9 Å². The van der Waals surface area contributed by atoms with Gasteiger partial charge >= 0.3 is 5.97 Å². The van der Waals surface area contributed by atoms with Crippen LogP contribution in [0.3, 0.4) is 0 Å². The van der Waals surface area contributed by atoms with Gasteiger partial charge in [0.25, 0.3) is 0 Å². The standard InChI is InChI=1S/C22H25NO5S/c1-14-5-10-19(15(2)11-14)23-20(24)12-29-13-21(25)28-16(3)22(26)17-6-8-18(27-4)9-7-17/h5-11,16H,12-13H2,1-4H3,(H,23,24)/t16-/m0/s1. The van der Waals surface area contributed by atoms with E-state index < -0.39 is 12.1 Å². The van der Waals surface area contributed by atoms with E-state index in [1.165, 1.54) is 6.92 Å². The van der Waals surface area contributed by atoms with Gasteiger partial charge in [-0.3, -0.25) is 14.4 Å². The zero-order valence-electron chi connectivity index (χ0n) is 17.0. The van der Waals surface area contributed by atoms with E-state index >= 15 is 0 Å². The van der Waals surface area contributed by atoms with Gasteiger partial charge in [0, 0.05) is 11.3 Å². The summed E-state index contributed by atoms with van der Waals surface area (Å²) < 4.78 is 10.2. The van der Waals surface area contributed by atoms with Crippen molar-refractivity contribution in [1.29, 1.82) is 0 Å². The first-order chi connectivity index (χ1) is 13.8. The maximum Gasteiger partial charge on any atom is 0.316 e. The lowest BCUT2D eigenvalue weighted by molar-refractivity contribution is -0.143. The normalized spacial score (nSPS) is 11.4. The zero-order valence-corrected chi connectivity index (χ0v) is 17.8. The van der Waals surface area contributed by atoms with Crippen LogP contribution in [0.15, 0.2) is 42.5 Å². The SMILES string of the molecule is COc1ccc(C(=O)[C@H](C)OC(=O)CSCC(=O)Nc2ccc(C)cc2C)cc1. The number of carbonyl (C=O) groups is 3. The molecule has 0 spiro atoms. The Bertz CT molecular complexity index is 879. The fourth-order valence-electron chi connectivity index (χ4n) is 2.64. The Morgan fingerprint density at radius 2 is 1.72 bits per heavy atom. The third kappa shape index (κ3) is 6.94. The average Bonchev–Trinajstić information content (AvgIpc) is 2.69. The van der Waals surface area contributed by atoms with Crippen molar-refractivity contribution < 1.29 is 23.9 Å². The summed E-state index contributed by atoms with van der Waals surface area (Å²) in [5, 5.41) is 2.82. The van der Waals surface area contributed by atoms with Crippen LogP contribution >= 0.6 is 11.8 Å². The number of ketones is 1. The summed E-state index contributed by atoms with van der Waals surface area (Å²) in [4.78, 5) is 36.4. The van der Waals surface area contributed by atoms with Crippen LogP contribution in [0.5, 0.6) is 5.75 Å². The molecule has 2 aromatic carbocycles. The van der Waals surface area contributed by atoms with Gasteiger partial charge in [0.2, 0.25) is 11.7 Å². The highest BCUT2D eigenvalue weighted by Crippen LogP contribution is 2.17. The molecule has 2 rings (SSSR count). The van der Waals surface area contributed by atoms with Gasteiger partial charge < -0.3 is 14.8 Å². The second kappa shape index (κ2) is 10.7. The molecule has 0 saturated carbocycles. The molecule has 29 heavy (non-hydrogen) atoms. The summed E-state index contributed by atoms with van der Waals surface area (Å²) in [6.07, 6.45) is -0.902. The number of amides is 1. The van der Waals surface area contributed by atoms with E-state index in [0.717, 1.165) is 28.6 Å². The molecule has 0 radical (unpaired) electrons. The van der Waals surface area contributed by atoms with Gasteiger partial charge in [-0.25, -0.2) is 0 Å². The van der Waals surface area contributed by atoms with E-state index in [4.69, 9.17) is 9.47 Å². The molecule has 6 nitrogen and oxygen atoms in total. The van der Waals surface area contributed by atoms with Gasteiger partial charge in [-0.15, -0.1) is 11.8 Å². The average molecular weight is 416 g/mol. The first-order valence-corrected chi connectivity index (χ1v) is 10.3. The monoisotopic (exact) mass is 415 g/mol. The van der Waals surface area contributed by atoms with Crippen LogP contribution in [0.25, 0.3) is 0 Å². The summed E-state index contributed by atoms with van der Waals surface area (Å²) in [5.74, 6) is -0.287. The minimum absolute atomic E-state index is 0.0134. The minimum atomic E-state index is -0.902. The molecule has 1 amide bonds. The molecule has 0 aliphatic rings. The number of thioether (sulfide) groups is 1. The van der Waals surface area contributed by atoms with E-state index in [1.54, 1.807) is 31.4 Å². The quantitative estimate of drug-likeness (QED) is 0.496. The van der Waals surface area contributed by atoms with Crippen LogP contribution < -0.4 is 10.1 Å². The Hall–Kier alpha value is -2.80. The molecule has 0 heterocycles. The highest BCUT2D eigenvalue weighted by atomic mass is 32.2. The van der Waals surface area contributed by atoms with Gasteiger partial charge in [0.05, 0.1) is 18.6 Å². The van der Waals surface area contributed by atoms with Crippen molar-refractivity contribution in [2.75, 3.05) is 23.9 Å². The van der Waals surface area contributed by atoms with Gasteiger partial charge in [-0.05, 0) is 56.7 Å². The predicted octanol–water partition coefficient (Wildman–Crippen LogP) is 3.80. The van der Waals surface area contributed by atoms with E-state index in [9.17, 15) is 14.4 Å². The van der Waals surface area contributed by atoms with Crippen LogP contribution in [0.1, 0.15) is 28.4 Å². The molecular weight excluding hydrogens is 390 g/mol. The van der Waals surface area contributed by atoms with Crippen molar-refractivity contribution in [3.8, 4) is 5.75 Å². The summed E-state index contributed by atoms with van der Waals surface area (Å²) in [6, 6.07) is 12.4. The fourth-order valence-corrected chi connectivity index (χ4v) is 3.24. The van der Waals surface area contributed by atoms with Crippen molar-refractivity contribution in [3.63, 3.8) is 0 Å². The Kier molecular flexibility index (Phi) is 8.27. The summed E-state index contributed by atoms with van der Waals surface area (Å²) in [5.41, 5.74) is 3.29. The number of hydrogen-bond acceptors (Lipinski definition) is 6. The molecule has 0 saturated heterocycles. The third-order valence-corrected chi connectivity index (χ3v) is 5.07. The van der Waals surface area contributed by atoms with Crippen molar-refractivity contribution in [2.24, 2.45) is 0 Å². The van der Waals surface area contributed by atoms with Crippen LogP contribution in [0, 0.1) is 13.8 Å². The molecular formula is C22H25NO5S. The van der Waals surface area contributed by atoms with E-state index in [0.29, 0.717) is 11.3 Å². The molecule has 0 aliphatic carbocycles. The van der Waals surface area contributed by atoms with Crippen LogP contribution in [-0.4, -0.2) is 42.4 Å². The number of ether oxygens (including phenoxy) is 2. The molecule has 2 aromatic rings. The molecule has 1 N–H and O–H groups in total. The number of benzene rings is 2. The first kappa shape index (κ1) is 22.5. The van der Waals surface area contributed by atoms with Gasteiger partial charge in [0.1, 0.15) is 5.75 Å². The number of nitrogens with one attached hydrogen (secondary N) is 1. The molecule has 0 fully saturated rings. The largest absolute Gasteiger partial charge is 0.497 e. The summed E-state index contributed by atoms with van der Waals surface area (Å²) in [7, 11) is 1.54. The minimum Gasteiger partial charge on any atom is -0.497 e. The number of Topliss-reactive ketones (excluding diaryl/α,β-unsaturated/α-hetero) is 1. The number of anilines is 1. The van der Waals surface area contributed by atoms with Crippen LogP contribution in [0.4, 0.5) is 5.69 Å². The van der Waals surface area contributed by atoms with Crippen molar-refractivity contribution in [3.05, 3.63) is 59.2 Å². The fraction of sp³-hybridized carbons (Fsp3) is 0.318. The lowest BCUT2D eigenvalue weighted by Gasteiger charge is -2.13. The Balaban J connectivity index is 1.75. The Morgan fingerprint density at radius 1 is 1.03 bits per heavy atom. The van der Waals surface area contributed by atoms with Crippen molar-refractivity contribution >= 4 is 35.1 Å². The Labute approximate surface area is 175 Å². The third-order valence-electron chi connectivity index (χ3n) is 4.16. The number of aryl methyl sites for hydroxylation is 2. The summed E-state index contributed by atoms with van der Waals surface area (Å²) in [6.45, 7) is 5.44. The lowest BCUT2D eigenvalue weighted by atomic mass is 10.1. The smallest absolute Gasteiger partial charge is 0.316 e. The number of esters is 1. The number of rotatable bonds is 9. The van der Waals surface area contributed by atoms with Crippen LogP contribution in [-0.2, 0) is 14.3 Å². The highest BCUT2D eigenvalue weighted by Gasteiger charge is 2.19. The second-order valence-corrected chi connectivity index (χ2v) is 7.57. The predicted molar refractivity (Wildman–Crippen MR) is 115 cm³/mol. The maximum atomic E-state index is 12.3. The zero-order chi connectivity index (χ0) is 21.4. The van der Waals surface area contributed by atoms with Crippen molar-refractivity contribution in [1.82, 2.24) is 0 Å². The number of hydrogen-bond donors (Lipinski definition) is 1. The van der Waals surface area contributed by atoms with Gasteiger partial charge in [-0.1, -0.05) is 17.7 Å². The number of carbonyl (C=O) groups excluding carboxylic acids is 3. The molecule has 0 bridgehead atoms. The maximum absolute atomic E-state index is 12.3. The second-order valence-electron chi connectivity index (χ2n) is 6.58.